The summed E-state index contributed by atoms with van der Waals surface area (Å²) in [6, 6.07) is 0.363. The number of rotatable bonds is 5. The van der Waals surface area contributed by atoms with Crippen molar-refractivity contribution < 1.29 is 9.90 Å². The van der Waals surface area contributed by atoms with Crippen molar-refractivity contribution in [1.29, 1.82) is 0 Å². The van der Waals surface area contributed by atoms with E-state index in [-0.39, 0.29) is 11.3 Å². The molecule has 1 aromatic heterocycles. The molecule has 0 bridgehead atoms. The number of carbonyl (C=O) groups is 1. The Balaban J connectivity index is 1.97. The van der Waals surface area contributed by atoms with E-state index in [0.29, 0.717) is 12.0 Å². The van der Waals surface area contributed by atoms with Crippen LogP contribution in [0.4, 0.5) is 0 Å². The Morgan fingerprint density at radius 1 is 1.52 bits per heavy atom. The van der Waals surface area contributed by atoms with Crippen molar-refractivity contribution >= 4 is 17.3 Å². The van der Waals surface area contributed by atoms with Gasteiger partial charge in [-0.2, -0.15) is 0 Å². The minimum Gasteiger partial charge on any atom is -0.481 e. The maximum Gasteiger partial charge on any atom is 0.307 e. The van der Waals surface area contributed by atoms with Gasteiger partial charge in [0.2, 0.25) is 0 Å². The SMILES string of the molecule is CCc1nc(CNC2CCC(C(=O)O)C(C)(C)C2C)cs1. The van der Waals surface area contributed by atoms with Crippen molar-refractivity contribution in [3.8, 4) is 0 Å². The molecule has 118 valence electrons. The largest absolute Gasteiger partial charge is 0.481 e. The van der Waals surface area contributed by atoms with Gasteiger partial charge in [0, 0.05) is 18.0 Å². The van der Waals surface area contributed by atoms with Crippen LogP contribution < -0.4 is 5.32 Å². The van der Waals surface area contributed by atoms with Gasteiger partial charge in [-0.05, 0) is 30.6 Å². The van der Waals surface area contributed by atoms with Gasteiger partial charge in [-0.3, -0.25) is 4.79 Å². The summed E-state index contributed by atoms with van der Waals surface area (Å²) in [5, 5.41) is 16.3. The van der Waals surface area contributed by atoms with Crippen LogP contribution in [0.2, 0.25) is 0 Å². The highest BCUT2D eigenvalue weighted by Crippen LogP contribution is 2.45. The van der Waals surface area contributed by atoms with E-state index in [1.807, 2.05) is 0 Å². The van der Waals surface area contributed by atoms with E-state index in [1.165, 1.54) is 5.01 Å². The first-order chi connectivity index (χ1) is 9.86. The Labute approximate surface area is 131 Å². The summed E-state index contributed by atoms with van der Waals surface area (Å²) in [5.74, 6) is -0.564. The number of thiazole rings is 1. The van der Waals surface area contributed by atoms with E-state index >= 15 is 0 Å². The number of aromatic nitrogens is 1. The lowest BCUT2D eigenvalue weighted by molar-refractivity contribution is -0.150. The Bertz CT molecular complexity index is 498. The van der Waals surface area contributed by atoms with Crippen LogP contribution in [-0.4, -0.2) is 22.1 Å². The van der Waals surface area contributed by atoms with E-state index in [4.69, 9.17) is 0 Å². The Kier molecular flexibility index (Phi) is 5.04. The molecule has 4 nitrogen and oxygen atoms in total. The van der Waals surface area contributed by atoms with Crippen molar-refractivity contribution in [3.05, 3.63) is 16.1 Å². The zero-order valence-corrected chi connectivity index (χ0v) is 14.2. The highest BCUT2D eigenvalue weighted by Gasteiger charge is 2.45. The molecular formula is C16H26N2O2S. The molecule has 2 rings (SSSR count). The molecule has 1 heterocycles. The summed E-state index contributed by atoms with van der Waals surface area (Å²) >= 11 is 1.71. The molecular weight excluding hydrogens is 284 g/mol. The lowest BCUT2D eigenvalue weighted by Crippen LogP contribution is -2.50. The number of aryl methyl sites for hydroxylation is 1. The molecule has 0 spiro atoms. The Hall–Kier alpha value is -0.940. The summed E-state index contributed by atoms with van der Waals surface area (Å²) in [5.41, 5.74) is 0.917. The summed E-state index contributed by atoms with van der Waals surface area (Å²) in [4.78, 5) is 16.0. The van der Waals surface area contributed by atoms with Crippen LogP contribution in [0.1, 0.15) is 51.2 Å². The van der Waals surface area contributed by atoms with Crippen molar-refractivity contribution in [2.24, 2.45) is 17.3 Å². The fourth-order valence-electron chi connectivity index (χ4n) is 3.35. The number of carboxylic acids is 1. The van der Waals surface area contributed by atoms with Gasteiger partial charge in [0.1, 0.15) is 0 Å². The van der Waals surface area contributed by atoms with E-state index in [0.717, 1.165) is 31.5 Å². The predicted octanol–water partition coefficient (Wildman–Crippen LogP) is 3.32. The molecule has 0 aliphatic heterocycles. The number of hydrogen-bond acceptors (Lipinski definition) is 4. The van der Waals surface area contributed by atoms with E-state index in [9.17, 15) is 9.90 Å². The summed E-state index contributed by atoms with van der Waals surface area (Å²) in [6.45, 7) is 9.24. The highest BCUT2D eigenvalue weighted by molar-refractivity contribution is 7.09. The van der Waals surface area contributed by atoms with Gasteiger partial charge >= 0.3 is 5.97 Å². The van der Waals surface area contributed by atoms with Gasteiger partial charge in [0.05, 0.1) is 16.6 Å². The fraction of sp³-hybridized carbons (Fsp3) is 0.750. The lowest BCUT2D eigenvalue weighted by atomic mass is 9.61. The zero-order valence-electron chi connectivity index (χ0n) is 13.3. The molecule has 0 radical (unpaired) electrons. The second-order valence-corrected chi connectivity index (χ2v) is 7.59. The molecule has 3 unspecified atom stereocenters. The molecule has 1 aliphatic rings. The van der Waals surface area contributed by atoms with E-state index < -0.39 is 5.97 Å². The van der Waals surface area contributed by atoms with Crippen LogP contribution in [0, 0.1) is 17.3 Å². The van der Waals surface area contributed by atoms with Gasteiger partial charge in [-0.25, -0.2) is 4.98 Å². The Morgan fingerprint density at radius 3 is 2.81 bits per heavy atom. The van der Waals surface area contributed by atoms with Crippen LogP contribution >= 0.6 is 11.3 Å². The molecule has 1 fully saturated rings. The minimum absolute atomic E-state index is 0.182. The number of nitrogens with zero attached hydrogens (tertiary/aromatic N) is 1. The molecule has 0 amide bonds. The standard InChI is InChI=1S/C16H26N2O2S/c1-5-14-18-11(9-21-14)8-17-13-7-6-12(15(19)20)16(3,4)10(13)2/h9-10,12-13,17H,5-8H2,1-4H3,(H,19,20). The van der Waals surface area contributed by atoms with Crippen LogP contribution in [0.5, 0.6) is 0 Å². The molecule has 1 aliphatic carbocycles. The molecule has 0 saturated heterocycles. The lowest BCUT2D eigenvalue weighted by Gasteiger charge is -2.46. The van der Waals surface area contributed by atoms with Gasteiger partial charge in [0.25, 0.3) is 0 Å². The smallest absolute Gasteiger partial charge is 0.307 e. The number of nitrogens with one attached hydrogen (secondary N) is 1. The summed E-state index contributed by atoms with van der Waals surface area (Å²) < 4.78 is 0. The highest BCUT2D eigenvalue weighted by atomic mass is 32.1. The van der Waals surface area contributed by atoms with Gasteiger partial charge in [-0.1, -0.05) is 27.7 Å². The third kappa shape index (κ3) is 3.46. The van der Waals surface area contributed by atoms with Crippen molar-refractivity contribution in [2.75, 3.05) is 0 Å². The first-order valence-electron chi connectivity index (χ1n) is 7.75. The average molecular weight is 310 g/mol. The topological polar surface area (TPSA) is 62.2 Å². The molecule has 5 heteroatoms. The van der Waals surface area contributed by atoms with Gasteiger partial charge < -0.3 is 10.4 Å². The number of aliphatic carboxylic acids is 1. The third-order valence-electron chi connectivity index (χ3n) is 5.19. The maximum atomic E-state index is 11.4. The molecule has 1 aromatic rings. The van der Waals surface area contributed by atoms with Crippen molar-refractivity contribution in [1.82, 2.24) is 10.3 Å². The number of carboxylic acid groups (broad SMARTS) is 1. The van der Waals surface area contributed by atoms with Crippen molar-refractivity contribution in [2.45, 2.75) is 59.5 Å². The van der Waals surface area contributed by atoms with Crippen LogP contribution in [-0.2, 0) is 17.8 Å². The molecule has 2 N–H and O–H groups in total. The normalized spacial score (nSPS) is 28.5. The second-order valence-electron chi connectivity index (χ2n) is 6.65. The maximum absolute atomic E-state index is 11.4. The van der Waals surface area contributed by atoms with Crippen molar-refractivity contribution in [3.63, 3.8) is 0 Å². The summed E-state index contributed by atoms with van der Waals surface area (Å²) in [6.07, 6.45) is 2.66. The predicted molar refractivity (Wildman–Crippen MR) is 85.4 cm³/mol. The van der Waals surface area contributed by atoms with Gasteiger partial charge in [-0.15, -0.1) is 11.3 Å². The Morgan fingerprint density at radius 2 is 2.24 bits per heavy atom. The monoisotopic (exact) mass is 310 g/mol. The average Bonchev–Trinajstić information content (AvgIpc) is 2.88. The number of hydrogen-bond donors (Lipinski definition) is 2. The van der Waals surface area contributed by atoms with Gasteiger partial charge in [0.15, 0.2) is 0 Å². The van der Waals surface area contributed by atoms with Crippen LogP contribution in [0.25, 0.3) is 0 Å². The quantitative estimate of drug-likeness (QED) is 0.876. The van der Waals surface area contributed by atoms with E-state index in [1.54, 1.807) is 11.3 Å². The van der Waals surface area contributed by atoms with Crippen LogP contribution in [0.3, 0.4) is 0 Å². The molecule has 1 saturated carbocycles. The zero-order chi connectivity index (χ0) is 15.6. The first kappa shape index (κ1) is 16.4. The molecule has 0 aromatic carbocycles. The third-order valence-corrected chi connectivity index (χ3v) is 6.23. The van der Waals surface area contributed by atoms with Crippen LogP contribution in [0.15, 0.2) is 5.38 Å². The van der Waals surface area contributed by atoms with E-state index in [2.05, 4.69) is 43.4 Å². The second kappa shape index (κ2) is 6.44. The fourth-order valence-corrected chi connectivity index (χ4v) is 4.10. The minimum atomic E-state index is -0.655. The molecule has 3 atom stereocenters. The molecule has 21 heavy (non-hydrogen) atoms. The first-order valence-corrected chi connectivity index (χ1v) is 8.63. The summed E-state index contributed by atoms with van der Waals surface area (Å²) in [7, 11) is 0.